The highest BCUT2D eigenvalue weighted by atomic mass is 32.2. The van der Waals surface area contributed by atoms with Gasteiger partial charge in [0.2, 0.25) is 0 Å². The van der Waals surface area contributed by atoms with E-state index < -0.39 is 15.4 Å². The number of hydrogen-bond donors (Lipinski definition) is 0. The smallest absolute Gasteiger partial charge is 0.175 e. The highest BCUT2D eigenvalue weighted by molar-refractivity contribution is 7.90. The Bertz CT molecular complexity index is 641. The Morgan fingerprint density at radius 3 is 2.26 bits per heavy atom. The summed E-state index contributed by atoms with van der Waals surface area (Å²) in [6, 6.07) is 6.63. The molecule has 102 valence electrons. The topological polar surface area (TPSA) is 60.4 Å². The molecule has 1 aliphatic heterocycles. The lowest BCUT2D eigenvalue weighted by Crippen LogP contribution is -2.27. The van der Waals surface area contributed by atoms with E-state index in [4.69, 9.17) is 4.74 Å². The van der Waals surface area contributed by atoms with E-state index in [2.05, 4.69) is 0 Å². The van der Waals surface area contributed by atoms with Crippen molar-refractivity contribution in [2.45, 2.75) is 24.3 Å². The summed E-state index contributed by atoms with van der Waals surface area (Å²) in [5.41, 5.74) is 1.82. The zero-order valence-corrected chi connectivity index (χ0v) is 12.0. The summed E-state index contributed by atoms with van der Waals surface area (Å²) >= 11 is 0. The molecular formula is C14H16O4S. The molecule has 0 radical (unpaired) electrons. The average Bonchev–Trinajstić information content (AvgIpc) is 2.66. The van der Waals surface area contributed by atoms with Crippen molar-refractivity contribution in [3.05, 3.63) is 35.4 Å². The fraction of sp³-hybridized carbons (Fsp3) is 0.357. The quantitative estimate of drug-likeness (QED) is 0.793. The first-order chi connectivity index (χ1) is 8.78. The zero-order chi connectivity index (χ0) is 14.3. The van der Waals surface area contributed by atoms with Crippen LogP contribution in [0.4, 0.5) is 0 Å². The lowest BCUT2D eigenvalue weighted by Gasteiger charge is -2.16. The molecule has 0 saturated heterocycles. The summed E-state index contributed by atoms with van der Waals surface area (Å²) < 4.78 is 28.3. The third-order valence-corrected chi connectivity index (χ3v) is 4.70. The Labute approximate surface area is 113 Å². The maximum atomic E-state index is 11.4. The molecule has 1 heterocycles. The molecule has 0 saturated carbocycles. The van der Waals surface area contributed by atoms with Gasteiger partial charge < -0.3 is 4.74 Å². The molecule has 0 amide bonds. The van der Waals surface area contributed by atoms with Gasteiger partial charge >= 0.3 is 0 Å². The summed E-state index contributed by atoms with van der Waals surface area (Å²) in [4.78, 5) is 11.3. The van der Waals surface area contributed by atoms with Gasteiger partial charge in [0.15, 0.2) is 16.1 Å². The van der Waals surface area contributed by atoms with Crippen molar-refractivity contribution in [1.82, 2.24) is 0 Å². The average molecular weight is 280 g/mol. The van der Waals surface area contributed by atoms with Crippen LogP contribution in [-0.2, 0) is 19.4 Å². The molecule has 4 nitrogen and oxygen atoms in total. The van der Waals surface area contributed by atoms with Crippen molar-refractivity contribution in [3.63, 3.8) is 0 Å². The first-order valence-corrected chi connectivity index (χ1v) is 7.78. The predicted molar refractivity (Wildman–Crippen MR) is 72.6 cm³/mol. The van der Waals surface area contributed by atoms with Crippen LogP contribution in [0.2, 0.25) is 0 Å². The molecule has 0 aliphatic carbocycles. The molecule has 1 unspecified atom stereocenters. The van der Waals surface area contributed by atoms with Gasteiger partial charge in [-0.25, -0.2) is 8.42 Å². The van der Waals surface area contributed by atoms with Crippen molar-refractivity contribution in [2.24, 2.45) is 0 Å². The monoisotopic (exact) mass is 280 g/mol. The second-order valence-electron chi connectivity index (χ2n) is 4.91. The van der Waals surface area contributed by atoms with E-state index in [0.29, 0.717) is 6.61 Å². The van der Waals surface area contributed by atoms with Gasteiger partial charge in [0.25, 0.3) is 0 Å². The van der Waals surface area contributed by atoms with E-state index in [-0.39, 0.29) is 4.90 Å². The largest absolute Gasteiger partial charge is 0.359 e. The molecule has 0 aromatic heterocycles. The molecule has 2 rings (SSSR count). The van der Waals surface area contributed by atoms with Gasteiger partial charge in [0.05, 0.1) is 11.5 Å². The second-order valence-corrected chi connectivity index (χ2v) is 6.93. The van der Waals surface area contributed by atoms with E-state index in [0.717, 1.165) is 23.0 Å². The number of hydrogen-bond acceptors (Lipinski definition) is 4. The van der Waals surface area contributed by atoms with Crippen LogP contribution >= 0.6 is 0 Å². The number of carbonyl (C=O) groups is 1. The molecule has 0 spiro atoms. The van der Waals surface area contributed by atoms with Crippen LogP contribution in [-0.4, -0.2) is 33.2 Å². The molecule has 0 fully saturated rings. The lowest BCUT2D eigenvalue weighted by molar-refractivity contribution is -0.121. The van der Waals surface area contributed by atoms with Crippen molar-refractivity contribution in [2.75, 3.05) is 12.9 Å². The van der Waals surface area contributed by atoms with Crippen LogP contribution in [0.1, 0.15) is 19.4 Å². The Morgan fingerprint density at radius 1 is 1.26 bits per heavy atom. The van der Waals surface area contributed by atoms with E-state index in [1.54, 1.807) is 31.2 Å². The van der Waals surface area contributed by atoms with Gasteiger partial charge in [-0.15, -0.1) is 0 Å². The Balaban J connectivity index is 2.42. The summed E-state index contributed by atoms with van der Waals surface area (Å²) in [5, 5.41) is 0. The Hall–Kier alpha value is -1.46. The minimum absolute atomic E-state index is 0.284. The molecular weight excluding hydrogens is 264 g/mol. The fourth-order valence-electron chi connectivity index (χ4n) is 2.06. The van der Waals surface area contributed by atoms with E-state index >= 15 is 0 Å². The summed E-state index contributed by atoms with van der Waals surface area (Å²) in [6.45, 7) is 3.95. The molecule has 1 aliphatic rings. The number of sulfone groups is 1. The molecule has 0 bridgehead atoms. The van der Waals surface area contributed by atoms with Crippen molar-refractivity contribution < 1.29 is 17.9 Å². The number of aldehydes is 1. The van der Waals surface area contributed by atoms with Gasteiger partial charge in [-0.2, -0.15) is 0 Å². The minimum atomic E-state index is -3.19. The fourth-order valence-corrected chi connectivity index (χ4v) is 2.69. The molecule has 5 heteroatoms. The maximum absolute atomic E-state index is 11.4. The molecule has 1 atom stereocenters. The highest BCUT2D eigenvalue weighted by Gasteiger charge is 2.35. The summed E-state index contributed by atoms with van der Waals surface area (Å²) in [7, 11) is -3.19. The van der Waals surface area contributed by atoms with E-state index in [1.165, 1.54) is 6.26 Å². The SMILES string of the molecule is CC1=C(c2ccc(S(C)(=O)=O)cc2)COC1(C)C=O. The number of benzene rings is 1. The minimum Gasteiger partial charge on any atom is -0.359 e. The van der Waals surface area contributed by atoms with Gasteiger partial charge in [-0.3, -0.25) is 4.79 Å². The predicted octanol–water partition coefficient (Wildman–Crippen LogP) is 1.85. The first kappa shape index (κ1) is 14.0. The number of ether oxygens (including phenoxy) is 1. The second kappa shape index (κ2) is 4.58. The number of rotatable bonds is 3. The maximum Gasteiger partial charge on any atom is 0.175 e. The highest BCUT2D eigenvalue weighted by Crippen LogP contribution is 2.35. The third-order valence-electron chi connectivity index (χ3n) is 3.57. The van der Waals surface area contributed by atoms with Crippen LogP contribution in [0.15, 0.2) is 34.7 Å². The molecule has 1 aromatic rings. The third kappa shape index (κ3) is 2.48. The standard InChI is InChI=1S/C14H16O4S/c1-10-13(8-18-14(10,2)9-15)11-4-6-12(7-5-11)19(3,16)17/h4-7,9H,8H2,1-3H3. The van der Waals surface area contributed by atoms with Crippen LogP contribution in [0.3, 0.4) is 0 Å². The summed E-state index contributed by atoms with van der Waals surface area (Å²) in [5.74, 6) is 0. The van der Waals surface area contributed by atoms with Gasteiger partial charge in [-0.05, 0) is 42.7 Å². The molecule has 19 heavy (non-hydrogen) atoms. The first-order valence-electron chi connectivity index (χ1n) is 5.89. The lowest BCUT2D eigenvalue weighted by atomic mass is 9.93. The van der Waals surface area contributed by atoms with Gasteiger partial charge in [0.1, 0.15) is 5.60 Å². The normalized spacial score (nSPS) is 23.7. The zero-order valence-electron chi connectivity index (χ0n) is 11.1. The summed E-state index contributed by atoms with van der Waals surface area (Å²) in [6.07, 6.45) is 1.97. The van der Waals surface area contributed by atoms with Crippen molar-refractivity contribution in [3.8, 4) is 0 Å². The Morgan fingerprint density at radius 2 is 1.84 bits per heavy atom. The van der Waals surface area contributed by atoms with Gasteiger partial charge in [-0.1, -0.05) is 12.1 Å². The van der Waals surface area contributed by atoms with Crippen LogP contribution in [0.5, 0.6) is 0 Å². The van der Waals surface area contributed by atoms with Crippen LogP contribution < -0.4 is 0 Å². The van der Waals surface area contributed by atoms with E-state index in [9.17, 15) is 13.2 Å². The van der Waals surface area contributed by atoms with E-state index in [1.807, 2.05) is 6.92 Å². The Kier molecular flexibility index (Phi) is 3.36. The van der Waals surface area contributed by atoms with Crippen LogP contribution in [0, 0.1) is 0 Å². The van der Waals surface area contributed by atoms with Crippen molar-refractivity contribution >= 4 is 21.7 Å². The number of carbonyl (C=O) groups excluding carboxylic acids is 1. The molecule has 1 aromatic carbocycles. The van der Waals surface area contributed by atoms with Crippen molar-refractivity contribution in [1.29, 1.82) is 0 Å². The molecule has 0 N–H and O–H groups in total. The van der Waals surface area contributed by atoms with Crippen LogP contribution in [0.25, 0.3) is 5.57 Å². The van der Waals surface area contributed by atoms with Gasteiger partial charge in [0, 0.05) is 6.26 Å².